The number of nitrogens with zero attached hydrogens (tertiary/aromatic N) is 1. The zero-order chi connectivity index (χ0) is 19.9. The van der Waals surface area contributed by atoms with Crippen LogP contribution in [0.5, 0.6) is 0 Å². The fraction of sp³-hybridized carbons (Fsp3) is 0.200. The van der Waals surface area contributed by atoms with Gasteiger partial charge in [-0.2, -0.15) is 0 Å². The first kappa shape index (κ1) is 19.6. The van der Waals surface area contributed by atoms with Crippen LogP contribution in [0.15, 0.2) is 59.6 Å². The molecule has 7 nitrogen and oxygen atoms in total. The van der Waals surface area contributed by atoms with Gasteiger partial charge in [-0.1, -0.05) is 30.0 Å². The first-order chi connectivity index (χ1) is 13.5. The van der Waals surface area contributed by atoms with Gasteiger partial charge in [0.25, 0.3) is 0 Å². The second kappa shape index (κ2) is 9.18. The lowest BCUT2D eigenvalue weighted by atomic mass is 10.2. The molecule has 2 aromatic rings. The van der Waals surface area contributed by atoms with Crippen molar-refractivity contribution in [2.24, 2.45) is 4.99 Å². The lowest BCUT2D eigenvalue weighted by molar-refractivity contribution is -0.122. The monoisotopic (exact) mass is 397 g/mol. The molecule has 2 N–H and O–H groups in total. The summed E-state index contributed by atoms with van der Waals surface area (Å²) < 4.78 is 4.92. The predicted octanol–water partition coefficient (Wildman–Crippen LogP) is 3.11. The molecule has 0 spiro atoms. The number of anilines is 1. The van der Waals surface area contributed by atoms with Crippen LogP contribution >= 0.6 is 11.8 Å². The molecule has 0 saturated carbocycles. The Morgan fingerprint density at radius 3 is 2.54 bits per heavy atom. The summed E-state index contributed by atoms with van der Waals surface area (Å²) >= 11 is 1.23. The number of ether oxygens (including phenoxy) is 1. The van der Waals surface area contributed by atoms with Crippen LogP contribution in [0.1, 0.15) is 23.7 Å². The van der Waals surface area contributed by atoms with E-state index < -0.39 is 11.2 Å². The minimum Gasteiger partial charge on any atom is -0.462 e. The van der Waals surface area contributed by atoms with E-state index in [0.29, 0.717) is 23.0 Å². The van der Waals surface area contributed by atoms with Crippen LogP contribution in [0.4, 0.5) is 11.4 Å². The molecule has 1 heterocycles. The summed E-state index contributed by atoms with van der Waals surface area (Å²) in [5, 5.41) is 5.36. The number of esters is 1. The Hall–Kier alpha value is -3.13. The number of nitrogens with one attached hydrogen (secondary N) is 2. The van der Waals surface area contributed by atoms with Crippen molar-refractivity contribution in [1.82, 2.24) is 5.32 Å². The number of benzene rings is 2. The maximum absolute atomic E-state index is 12.3. The number of hydrogen-bond donors (Lipinski definition) is 2. The Bertz CT molecular complexity index is 897. The zero-order valence-electron chi connectivity index (χ0n) is 15.2. The Kier molecular flexibility index (Phi) is 6.44. The highest BCUT2D eigenvalue weighted by Crippen LogP contribution is 2.25. The fourth-order valence-corrected chi connectivity index (χ4v) is 3.48. The van der Waals surface area contributed by atoms with Crippen LogP contribution in [0, 0.1) is 0 Å². The molecule has 8 heteroatoms. The topological polar surface area (TPSA) is 96.9 Å². The lowest BCUT2D eigenvalue weighted by Crippen LogP contribution is -2.28. The van der Waals surface area contributed by atoms with Crippen molar-refractivity contribution in [2.75, 3.05) is 11.9 Å². The number of aliphatic imine (C=N–C) groups is 1. The number of amidine groups is 1. The summed E-state index contributed by atoms with van der Waals surface area (Å²) in [5.41, 5.74) is 1.68. The van der Waals surface area contributed by atoms with E-state index in [9.17, 15) is 14.4 Å². The lowest BCUT2D eigenvalue weighted by Gasteiger charge is -2.08. The zero-order valence-corrected chi connectivity index (χ0v) is 16.0. The van der Waals surface area contributed by atoms with Crippen LogP contribution in [-0.2, 0) is 14.3 Å². The van der Waals surface area contributed by atoms with Gasteiger partial charge in [0, 0.05) is 12.1 Å². The van der Waals surface area contributed by atoms with Crippen LogP contribution < -0.4 is 10.6 Å². The van der Waals surface area contributed by atoms with Gasteiger partial charge in [-0.3, -0.25) is 9.59 Å². The maximum Gasteiger partial charge on any atom is 0.338 e. The van der Waals surface area contributed by atoms with Crippen molar-refractivity contribution < 1.29 is 19.1 Å². The summed E-state index contributed by atoms with van der Waals surface area (Å²) in [7, 11) is 0. The molecule has 1 aliphatic heterocycles. The van der Waals surface area contributed by atoms with E-state index in [1.54, 1.807) is 31.2 Å². The molecule has 0 radical (unpaired) electrons. The normalized spacial score (nSPS) is 17.2. The van der Waals surface area contributed by atoms with Crippen LogP contribution in [0.3, 0.4) is 0 Å². The fourth-order valence-electron chi connectivity index (χ4n) is 2.50. The summed E-state index contributed by atoms with van der Waals surface area (Å²) in [5.74, 6) is -0.949. The second-order valence-corrected chi connectivity index (χ2v) is 7.09. The van der Waals surface area contributed by atoms with Gasteiger partial charge in [0.05, 0.1) is 17.9 Å². The Morgan fingerprint density at radius 2 is 1.86 bits per heavy atom. The first-order valence-corrected chi connectivity index (χ1v) is 9.61. The summed E-state index contributed by atoms with van der Waals surface area (Å²) in [6.45, 7) is 2.04. The molecule has 28 heavy (non-hydrogen) atoms. The molecular weight excluding hydrogens is 378 g/mol. The number of hydrogen-bond acceptors (Lipinski definition) is 6. The quantitative estimate of drug-likeness (QED) is 0.730. The summed E-state index contributed by atoms with van der Waals surface area (Å²) in [6, 6.07) is 15.7. The number of carbonyl (C=O) groups excluding carboxylic acids is 3. The van der Waals surface area contributed by atoms with Gasteiger partial charge in [-0.05, 0) is 43.3 Å². The predicted molar refractivity (Wildman–Crippen MR) is 109 cm³/mol. The van der Waals surface area contributed by atoms with Gasteiger partial charge in [0.1, 0.15) is 5.25 Å². The van der Waals surface area contributed by atoms with E-state index in [-0.39, 0.29) is 18.2 Å². The van der Waals surface area contributed by atoms with Crippen LogP contribution in [0.2, 0.25) is 0 Å². The largest absolute Gasteiger partial charge is 0.462 e. The highest BCUT2D eigenvalue weighted by atomic mass is 32.2. The number of thioether (sulfide) groups is 1. The molecule has 1 saturated heterocycles. The van der Waals surface area contributed by atoms with Crippen LogP contribution in [0.25, 0.3) is 0 Å². The molecule has 3 rings (SSSR count). The average molecular weight is 397 g/mol. The van der Waals surface area contributed by atoms with Crippen molar-refractivity contribution >= 4 is 46.1 Å². The van der Waals surface area contributed by atoms with Gasteiger partial charge in [0.2, 0.25) is 11.8 Å². The molecule has 0 bridgehead atoms. The first-order valence-electron chi connectivity index (χ1n) is 8.73. The highest BCUT2D eigenvalue weighted by Gasteiger charge is 2.32. The standard InChI is InChI=1S/C20H19N3O4S/c1-2-27-19(26)13-8-10-15(11-9-13)21-17(24)12-16-18(25)23-20(28-16)22-14-6-4-3-5-7-14/h3-11,16H,2,12H2,1H3,(H,21,24)(H,22,23,25)/t16-/m0/s1. The Labute approximate surface area is 166 Å². The van der Waals surface area contributed by atoms with Crippen molar-refractivity contribution in [3.05, 3.63) is 60.2 Å². The van der Waals surface area contributed by atoms with Crippen molar-refractivity contribution in [2.45, 2.75) is 18.6 Å². The van der Waals surface area contributed by atoms with Crippen molar-refractivity contribution in [1.29, 1.82) is 0 Å². The van der Waals surface area contributed by atoms with E-state index in [4.69, 9.17) is 4.74 Å². The molecule has 144 valence electrons. The Morgan fingerprint density at radius 1 is 1.14 bits per heavy atom. The van der Waals surface area contributed by atoms with Gasteiger partial charge < -0.3 is 15.4 Å². The van der Waals surface area contributed by atoms with Crippen LogP contribution in [-0.4, -0.2) is 34.8 Å². The molecular formula is C20H19N3O4S. The smallest absolute Gasteiger partial charge is 0.338 e. The summed E-state index contributed by atoms with van der Waals surface area (Å²) in [6.07, 6.45) is 0.0178. The molecule has 1 fully saturated rings. The van der Waals surface area contributed by atoms with Crippen molar-refractivity contribution in [3.63, 3.8) is 0 Å². The third kappa shape index (κ3) is 5.20. The molecule has 2 amide bonds. The number of para-hydroxylation sites is 1. The molecule has 0 unspecified atom stereocenters. The minimum absolute atomic E-state index is 0.0178. The van der Waals surface area contributed by atoms with E-state index >= 15 is 0 Å². The van der Waals surface area contributed by atoms with Gasteiger partial charge in [-0.15, -0.1) is 0 Å². The van der Waals surface area contributed by atoms with Gasteiger partial charge >= 0.3 is 5.97 Å². The number of rotatable bonds is 6. The third-order valence-electron chi connectivity index (χ3n) is 3.81. The van der Waals surface area contributed by atoms with E-state index in [2.05, 4.69) is 15.6 Å². The highest BCUT2D eigenvalue weighted by molar-refractivity contribution is 8.15. The number of carbonyl (C=O) groups is 3. The van der Waals surface area contributed by atoms with E-state index in [0.717, 1.165) is 5.69 Å². The van der Waals surface area contributed by atoms with E-state index in [1.807, 2.05) is 30.3 Å². The maximum atomic E-state index is 12.3. The SMILES string of the molecule is CCOC(=O)c1ccc(NC(=O)C[C@@H]2SC(=Nc3ccccc3)NC2=O)cc1. The van der Waals surface area contributed by atoms with E-state index in [1.165, 1.54) is 11.8 Å². The Balaban J connectivity index is 1.55. The minimum atomic E-state index is -0.540. The molecule has 2 aromatic carbocycles. The molecule has 0 aromatic heterocycles. The molecule has 1 aliphatic rings. The van der Waals surface area contributed by atoms with Crippen molar-refractivity contribution in [3.8, 4) is 0 Å². The molecule has 1 atom stereocenters. The second-order valence-electron chi connectivity index (χ2n) is 5.90. The average Bonchev–Trinajstić information content (AvgIpc) is 3.02. The summed E-state index contributed by atoms with van der Waals surface area (Å²) in [4.78, 5) is 40.4. The van der Waals surface area contributed by atoms with Gasteiger partial charge in [0.15, 0.2) is 5.17 Å². The third-order valence-corrected chi connectivity index (χ3v) is 4.90. The number of amides is 2. The van der Waals surface area contributed by atoms with Gasteiger partial charge in [-0.25, -0.2) is 9.79 Å². The molecule has 0 aliphatic carbocycles.